The smallest absolute Gasteiger partial charge is 0.122 e. The highest BCUT2D eigenvalue weighted by atomic mass is 16.5. The summed E-state index contributed by atoms with van der Waals surface area (Å²) in [5.74, 6) is 3.32. The molecule has 0 bridgehead atoms. The molecule has 0 aliphatic heterocycles. The Morgan fingerprint density at radius 1 is 1.19 bits per heavy atom. The Hall–Kier alpha value is -1.02. The molecule has 0 radical (unpaired) electrons. The second kappa shape index (κ2) is 7.31. The normalized spacial score (nSPS) is 25.9. The van der Waals surface area contributed by atoms with Crippen molar-refractivity contribution in [1.29, 1.82) is 0 Å². The summed E-state index contributed by atoms with van der Waals surface area (Å²) >= 11 is 0. The summed E-state index contributed by atoms with van der Waals surface area (Å²) in [4.78, 5) is 0. The van der Waals surface area contributed by atoms with Crippen molar-refractivity contribution in [3.63, 3.8) is 0 Å². The summed E-state index contributed by atoms with van der Waals surface area (Å²) in [5.41, 5.74) is 4.19. The summed E-state index contributed by atoms with van der Waals surface area (Å²) in [5, 5.41) is 3.56. The van der Waals surface area contributed by atoms with Gasteiger partial charge in [-0.05, 0) is 80.3 Å². The molecular weight excluding hydrogens is 258 g/mol. The first-order valence-electron chi connectivity index (χ1n) is 8.42. The van der Waals surface area contributed by atoms with Crippen LogP contribution in [0.25, 0.3) is 0 Å². The van der Waals surface area contributed by atoms with E-state index >= 15 is 0 Å². The van der Waals surface area contributed by atoms with Gasteiger partial charge in [0.15, 0.2) is 0 Å². The lowest BCUT2D eigenvalue weighted by Gasteiger charge is -2.36. The van der Waals surface area contributed by atoms with E-state index in [1.807, 2.05) is 0 Å². The van der Waals surface area contributed by atoms with Crippen molar-refractivity contribution in [3.05, 3.63) is 28.8 Å². The van der Waals surface area contributed by atoms with Gasteiger partial charge in [-0.15, -0.1) is 0 Å². The first-order valence-corrected chi connectivity index (χ1v) is 8.42. The predicted molar refractivity (Wildman–Crippen MR) is 90.3 cm³/mol. The van der Waals surface area contributed by atoms with Crippen LogP contribution in [0.3, 0.4) is 0 Å². The number of nitrogens with one attached hydrogen (secondary N) is 1. The van der Waals surface area contributed by atoms with Gasteiger partial charge in [0.25, 0.3) is 0 Å². The first kappa shape index (κ1) is 16.4. The van der Waals surface area contributed by atoms with Crippen LogP contribution >= 0.6 is 0 Å². The van der Waals surface area contributed by atoms with E-state index in [0.717, 1.165) is 30.7 Å². The minimum absolute atomic E-state index is 0.692. The molecule has 0 saturated heterocycles. The Morgan fingerprint density at radius 2 is 1.95 bits per heavy atom. The molecule has 2 rings (SSSR count). The Morgan fingerprint density at radius 3 is 2.62 bits per heavy atom. The largest absolute Gasteiger partial charge is 0.496 e. The monoisotopic (exact) mass is 289 g/mol. The molecule has 1 aliphatic rings. The van der Waals surface area contributed by atoms with Gasteiger partial charge in [-0.3, -0.25) is 0 Å². The number of benzene rings is 1. The number of hydrogen-bond acceptors (Lipinski definition) is 2. The van der Waals surface area contributed by atoms with Crippen LogP contribution in [0.2, 0.25) is 0 Å². The third-order valence-electron chi connectivity index (χ3n) is 5.10. The SMILES string of the molecule is CCNCC1CCC(C)CC1c1cc(C)c(OC)cc1C. The highest BCUT2D eigenvalue weighted by molar-refractivity contribution is 5.43. The third kappa shape index (κ3) is 3.79. The molecule has 3 unspecified atom stereocenters. The van der Waals surface area contributed by atoms with E-state index in [-0.39, 0.29) is 0 Å². The zero-order chi connectivity index (χ0) is 15.4. The van der Waals surface area contributed by atoms with Crippen LogP contribution in [0.4, 0.5) is 0 Å². The molecule has 0 aromatic heterocycles. The average molecular weight is 289 g/mol. The van der Waals surface area contributed by atoms with Crippen LogP contribution in [0.5, 0.6) is 5.75 Å². The van der Waals surface area contributed by atoms with Crippen molar-refractivity contribution >= 4 is 0 Å². The minimum Gasteiger partial charge on any atom is -0.496 e. The lowest BCUT2D eigenvalue weighted by Crippen LogP contribution is -2.31. The quantitative estimate of drug-likeness (QED) is 0.865. The van der Waals surface area contributed by atoms with Gasteiger partial charge < -0.3 is 10.1 Å². The number of aryl methyl sites for hydroxylation is 2. The molecule has 0 spiro atoms. The van der Waals surface area contributed by atoms with Gasteiger partial charge in [0, 0.05) is 0 Å². The molecular formula is C19H31NO. The zero-order valence-corrected chi connectivity index (χ0v) is 14.3. The fourth-order valence-electron chi connectivity index (χ4n) is 3.83. The molecule has 21 heavy (non-hydrogen) atoms. The summed E-state index contributed by atoms with van der Waals surface area (Å²) in [6, 6.07) is 4.59. The van der Waals surface area contributed by atoms with Crippen LogP contribution in [0, 0.1) is 25.7 Å². The topological polar surface area (TPSA) is 21.3 Å². The second-order valence-electron chi connectivity index (χ2n) is 6.77. The summed E-state index contributed by atoms with van der Waals surface area (Å²) < 4.78 is 5.47. The predicted octanol–water partition coefficient (Wildman–Crippen LogP) is 4.44. The molecule has 0 heterocycles. The van der Waals surface area contributed by atoms with E-state index in [4.69, 9.17) is 4.74 Å². The van der Waals surface area contributed by atoms with Gasteiger partial charge in [0.1, 0.15) is 5.75 Å². The molecule has 0 amide bonds. The van der Waals surface area contributed by atoms with Crippen molar-refractivity contribution < 1.29 is 4.74 Å². The van der Waals surface area contributed by atoms with Crippen LogP contribution in [0.1, 0.15) is 55.7 Å². The van der Waals surface area contributed by atoms with Gasteiger partial charge in [-0.2, -0.15) is 0 Å². The van der Waals surface area contributed by atoms with Gasteiger partial charge in [0.2, 0.25) is 0 Å². The Balaban J connectivity index is 2.29. The summed E-state index contributed by atoms with van der Waals surface area (Å²) in [7, 11) is 1.76. The molecule has 1 aromatic rings. The molecule has 1 saturated carbocycles. The summed E-state index contributed by atoms with van der Waals surface area (Å²) in [6.07, 6.45) is 4.05. The van der Waals surface area contributed by atoms with Crippen molar-refractivity contribution in [1.82, 2.24) is 5.32 Å². The van der Waals surface area contributed by atoms with Crippen LogP contribution < -0.4 is 10.1 Å². The van der Waals surface area contributed by atoms with Crippen molar-refractivity contribution in [2.45, 2.75) is 52.9 Å². The fraction of sp³-hybridized carbons (Fsp3) is 0.684. The van der Waals surface area contributed by atoms with Crippen LogP contribution in [-0.2, 0) is 0 Å². The fourth-order valence-corrected chi connectivity index (χ4v) is 3.83. The van der Waals surface area contributed by atoms with Gasteiger partial charge in [-0.1, -0.05) is 26.3 Å². The number of ether oxygens (including phenoxy) is 1. The van der Waals surface area contributed by atoms with Crippen molar-refractivity contribution in [2.75, 3.05) is 20.2 Å². The Bertz CT molecular complexity index is 467. The molecule has 3 atom stereocenters. The maximum absolute atomic E-state index is 5.47. The zero-order valence-electron chi connectivity index (χ0n) is 14.3. The van der Waals surface area contributed by atoms with E-state index < -0.39 is 0 Å². The van der Waals surface area contributed by atoms with Gasteiger partial charge >= 0.3 is 0 Å². The molecule has 2 heteroatoms. The standard InChI is InChI=1S/C19H31NO/c1-6-20-12-16-8-7-13(2)9-18(16)17-10-15(4)19(21-5)11-14(17)3/h10-11,13,16,18,20H,6-9,12H2,1-5H3. The molecule has 1 aromatic carbocycles. The molecule has 1 aliphatic carbocycles. The van der Waals surface area contributed by atoms with E-state index in [0.29, 0.717) is 5.92 Å². The third-order valence-corrected chi connectivity index (χ3v) is 5.10. The van der Waals surface area contributed by atoms with E-state index in [2.05, 4.69) is 45.1 Å². The Labute approximate surface area is 130 Å². The molecule has 1 fully saturated rings. The van der Waals surface area contributed by atoms with Gasteiger partial charge in [0.05, 0.1) is 7.11 Å². The Kier molecular flexibility index (Phi) is 5.69. The first-order chi connectivity index (χ1) is 10.1. The summed E-state index contributed by atoms with van der Waals surface area (Å²) in [6.45, 7) is 11.2. The lowest BCUT2D eigenvalue weighted by atomic mass is 9.70. The lowest BCUT2D eigenvalue weighted by molar-refractivity contribution is 0.242. The maximum Gasteiger partial charge on any atom is 0.122 e. The number of methoxy groups -OCH3 is 1. The number of rotatable bonds is 5. The highest BCUT2D eigenvalue weighted by Crippen LogP contribution is 2.42. The van der Waals surface area contributed by atoms with Crippen LogP contribution in [-0.4, -0.2) is 20.2 Å². The number of hydrogen-bond donors (Lipinski definition) is 1. The molecule has 2 nitrogen and oxygen atoms in total. The maximum atomic E-state index is 5.47. The van der Waals surface area contributed by atoms with E-state index in [9.17, 15) is 0 Å². The van der Waals surface area contributed by atoms with Gasteiger partial charge in [-0.25, -0.2) is 0 Å². The van der Waals surface area contributed by atoms with Crippen molar-refractivity contribution in [3.8, 4) is 5.75 Å². The van der Waals surface area contributed by atoms with E-state index in [1.165, 1.54) is 30.4 Å². The highest BCUT2D eigenvalue weighted by Gasteiger charge is 2.30. The van der Waals surface area contributed by atoms with Crippen LogP contribution in [0.15, 0.2) is 12.1 Å². The minimum atomic E-state index is 0.692. The van der Waals surface area contributed by atoms with Crippen molar-refractivity contribution in [2.24, 2.45) is 11.8 Å². The van der Waals surface area contributed by atoms with E-state index in [1.54, 1.807) is 12.7 Å². The average Bonchev–Trinajstić information content (AvgIpc) is 2.48. The molecule has 118 valence electrons. The molecule has 1 N–H and O–H groups in total. The second-order valence-corrected chi connectivity index (χ2v) is 6.77.